The summed E-state index contributed by atoms with van der Waals surface area (Å²) in [5.41, 5.74) is 0. The topological polar surface area (TPSA) is 54.4 Å². The SMILES string of the molecule is C=C/C(=C\C)S(=O)(=O)C1CC[C@H](O)C1. The second-order valence-electron chi connectivity index (χ2n) is 3.53. The van der Waals surface area contributed by atoms with Gasteiger partial charge in [0.25, 0.3) is 0 Å². The molecule has 1 unspecified atom stereocenters. The van der Waals surface area contributed by atoms with Gasteiger partial charge in [0.1, 0.15) is 0 Å². The maximum absolute atomic E-state index is 11.9. The molecule has 2 atom stereocenters. The van der Waals surface area contributed by atoms with Crippen LogP contribution < -0.4 is 0 Å². The summed E-state index contributed by atoms with van der Waals surface area (Å²) in [4.78, 5) is 0.275. The Morgan fingerprint density at radius 2 is 2.14 bits per heavy atom. The second kappa shape index (κ2) is 4.28. The molecule has 1 aliphatic carbocycles. The highest BCUT2D eigenvalue weighted by atomic mass is 32.2. The first-order valence-electron chi connectivity index (χ1n) is 4.73. The van der Waals surface area contributed by atoms with Gasteiger partial charge in [-0.25, -0.2) is 8.42 Å². The molecule has 0 spiro atoms. The van der Waals surface area contributed by atoms with Crippen LogP contribution in [0.3, 0.4) is 0 Å². The zero-order chi connectivity index (χ0) is 10.8. The van der Waals surface area contributed by atoms with Crippen LogP contribution in [0.2, 0.25) is 0 Å². The predicted octanol–water partition coefficient (Wildman–Crippen LogP) is 1.40. The van der Waals surface area contributed by atoms with Gasteiger partial charge < -0.3 is 5.11 Å². The van der Waals surface area contributed by atoms with Crippen molar-refractivity contribution < 1.29 is 13.5 Å². The van der Waals surface area contributed by atoms with E-state index in [0.717, 1.165) is 0 Å². The van der Waals surface area contributed by atoms with E-state index >= 15 is 0 Å². The summed E-state index contributed by atoms with van der Waals surface area (Å²) >= 11 is 0. The minimum Gasteiger partial charge on any atom is -0.393 e. The minimum absolute atomic E-state index is 0.275. The number of allylic oxidation sites excluding steroid dienone is 2. The number of aliphatic hydroxyl groups excluding tert-OH is 1. The van der Waals surface area contributed by atoms with Crippen molar-refractivity contribution in [2.45, 2.75) is 37.5 Å². The quantitative estimate of drug-likeness (QED) is 0.726. The Labute approximate surface area is 85.1 Å². The fourth-order valence-corrected chi connectivity index (χ4v) is 3.66. The van der Waals surface area contributed by atoms with Crippen LogP contribution in [0.15, 0.2) is 23.6 Å². The van der Waals surface area contributed by atoms with E-state index in [1.54, 1.807) is 13.0 Å². The summed E-state index contributed by atoms with van der Waals surface area (Å²) in [6.45, 7) is 5.16. The first-order chi connectivity index (χ1) is 6.52. The third kappa shape index (κ3) is 2.07. The molecule has 0 amide bonds. The van der Waals surface area contributed by atoms with Gasteiger partial charge in [0, 0.05) is 0 Å². The van der Waals surface area contributed by atoms with Crippen LogP contribution in [0.5, 0.6) is 0 Å². The minimum atomic E-state index is -3.25. The summed E-state index contributed by atoms with van der Waals surface area (Å²) in [6.07, 6.45) is 3.94. The summed E-state index contributed by atoms with van der Waals surface area (Å²) in [5.74, 6) is 0. The fraction of sp³-hybridized carbons (Fsp3) is 0.600. The van der Waals surface area contributed by atoms with Gasteiger partial charge in [-0.2, -0.15) is 0 Å². The maximum atomic E-state index is 11.9. The van der Waals surface area contributed by atoms with Crippen LogP contribution in [-0.2, 0) is 9.84 Å². The Morgan fingerprint density at radius 1 is 1.50 bits per heavy atom. The Kier molecular flexibility index (Phi) is 3.50. The smallest absolute Gasteiger partial charge is 0.180 e. The normalized spacial score (nSPS) is 29.1. The molecule has 0 aliphatic heterocycles. The van der Waals surface area contributed by atoms with Crippen molar-refractivity contribution in [1.82, 2.24) is 0 Å². The molecule has 1 saturated carbocycles. The van der Waals surface area contributed by atoms with E-state index in [9.17, 15) is 13.5 Å². The van der Waals surface area contributed by atoms with Gasteiger partial charge >= 0.3 is 0 Å². The zero-order valence-corrected chi connectivity index (χ0v) is 9.13. The number of rotatable bonds is 3. The van der Waals surface area contributed by atoms with Crippen LogP contribution in [0.4, 0.5) is 0 Å². The van der Waals surface area contributed by atoms with Crippen LogP contribution in [0, 0.1) is 0 Å². The van der Waals surface area contributed by atoms with E-state index in [4.69, 9.17) is 0 Å². The van der Waals surface area contributed by atoms with E-state index in [-0.39, 0.29) is 4.91 Å². The Hall–Kier alpha value is -0.610. The van der Waals surface area contributed by atoms with Crippen LogP contribution in [0.25, 0.3) is 0 Å². The lowest BCUT2D eigenvalue weighted by molar-refractivity contribution is 0.183. The zero-order valence-electron chi connectivity index (χ0n) is 8.31. The number of hydrogen-bond donors (Lipinski definition) is 1. The van der Waals surface area contributed by atoms with E-state index in [1.165, 1.54) is 6.08 Å². The highest BCUT2D eigenvalue weighted by molar-refractivity contribution is 7.96. The molecule has 0 radical (unpaired) electrons. The van der Waals surface area contributed by atoms with Gasteiger partial charge in [-0.15, -0.1) is 0 Å². The van der Waals surface area contributed by atoms with Crippen LogP contribution in [-0.4, -0.2) is 24.9 Å². The molecule has 0 saturated heterocycles. The molecule has 0 aromatic carbocycles. The van der Waals surface area contributed by atoms with E-state index in [0.29, 0.717) is 19.3 Å². The molecule has 1 fully saturated rings. The van der Waals surface area contributed by atoms with Crippen molar-refractivity contribution in [3.05, 3.63) is 23.6 Å². The van der Waals surface area contributed by atoms with Crippen molar-refractivity contribution in [1.29, 1.82) is 0 Å². The van der Waals surface area contributed by atoms with Gasteiger partial charge in [-0.05, 0) is 26.2 Å². The summed E-state index contributed by atoms with van der Waals surface area (Å²) in [5, 5.41) is 8.85. The predicted molar refractivity (Wildman–Crippen MR) is 56.5 cm³/mol. The Morgan fingerprint density at radius 3 is 2.50 bits per heavy atom. The average molecular weight is 216 g/mol. The summed E-state index contributed by atoms with van der Waals surface area (Å²) in [6, 6.07) is 0. The van der Waals surface area contributed by atoms with Crippen molar-refractivity contribution in [2.24, 2.45) is 0 Å². The third-order valence-corrected chi connectivity index (χ3v) is 4.98. The Bertz CT molecular complexity index is 340. The second-order valence-corrected chi connectivity index (χ2v) is 5.76. The van der Waals surface area contributed by atoms with Crippen molar-refractivity contribution in [3.63, 3.8) is 0 Å². The molecular formula is C10H16O3S. The maximum Gasteiger partial charge on any atom is 0.180 e. The monoisotopic (exact) mass is 216 g/mol. The molecule has 1 N–H and O–H groups in total. The largest absolute Gasteiger partial charge is 0.393 e. The molecule has 1 rings (SSSR count). The molecule has 0 aromatic rings. The number of hydrogen-bond acceptors (Lipinski definition) is 3. The van der Waals surface area contributed by atoms with E-state index in [1.807, 2.05) is 0 Å². The lowest BCUT2D eigenvalue weighted by atomic mass is 10.3. The van der Waals surface area contributed by atoms with Gasteiger partial charge in [0.15, 0.2) is 9.84 Å². The molecule has 4 heteroatoms. The highest BCUT2D eigenvalue weighted by Gasteiger charge is 2.34. The molecule has 0 heterocycles. The van der Waals surface area contributed by atoms with Gasteiger partial charge in [0.05, 0.1) is 16.3 Å². The van der Waals surface area contributed by atoms with E-state index < -0.39 is 21.2 Å². The number of aliphatic hydroxyl groups is 1. The fourth-order valence-electron chi connectivity index (χ4n) is 1.79. The molecular weight excluding hydrogens is 200 g/mol. The average Bonchev–Trinajstić information content (AvgIpc) is 2.54. The lowest BCUT2D eigenvalue weighted by Gasteiger charge is -2.11. The van der Waals surface area contributed by atoms with Crippen molar-refractivity contribution in [2.75, 3.05) is 0 Å². The molecule has 3 nitrogen and oxygen atoms in total. The van der Waals surface area contributed by atoms with Gasteiger partial charge in [0.2, 0.25) is 0 Å². The molecule has 0 aromatic heterocycles. The standard InChI is InChI=1S/C10H16O3S/c1-3-9(4-2)14(12,13)10-6-5-8(11)7-10/h3-4,8,10-11H,1,5-7H2,2H3/b9-4+/t8-,10?/m0/s1. The molecule has 80 valence electrons. The number of sulfone groups is 1. The summed E-state index contributed by atoms with van der Waals surface area (Å²) < 4.78 is 23.8. The van der Waals surface area contributed by atoms with E-state index in [2.05, 4.69) is 6.58 Å². The highest BCUT2D eigenvalue weighted by Crippen LogP contribution is 2.29. The van der Waals surface area contributed by atoms with Gasteiger partial charge in [-0.3, -0.25) is 0 Å². The van der Waals surface area contributed by atoms with Crippen molar-refractivity contribution in [3.8, 4) is 0 Å². The first-order valence-corrected chi connectivity index (χ1v) is 6.27. The van der Waals surface area contributed by atoms with Crippen molar-refractivity contribution >= 4 is 9.84 Å². The van der Waals surface area contributed by atoms with Crippen LogP contribution >= 0.6 is 0 Å². The Balaban J connectivity index is 2.91. The molecule has 1 aliphatic rings. The summed E-state index contributed by atoms with van der Waals surface area (Å²) in [7, 11) is -3.25. The third-order valence-electron chi connectivity index (χ3n) is 2.61. The first kappa shape index (κ1) is 11.5. The van der Waals surface area contributed by atoms with Gasteiger partial charge in [-0.1, -0.05) is 18.7 Å². The van der Waals surface area contributed by atoms with Crippen LogP contribution in [0.1, 0.15) is 26.2 Å². The lowest BCUT2D eigenvalue weighted by Crippen LogP contribution is -2.19. The molecule has 14 heavy (non-hydrogen) atoms. The molecule has 0 bridgehead atoms.